The molecular formula is C21H19N3O2S. The number of hydrogen-bond donors (Lipinski definition) is 1. The molecule has 1 aromatic heterocycles. The maximum absolute atomic E-state index is 12.7. The van der Waals surface area contributed by atoms with Crippen LogP contribution in [0.25, 0.3) is 16.5 Å². The van der Waals surface area contributed by atoms with Gasteiger partial charge in [-0.1, -0.05) is 48.5 Å². The first-order chi connectivity index (χ1) is 13.1. The Labute approximate surface area is 161 Å². The number of fused-ring (bicyclic) bond motifs is 1. The molecule has 0 bridgehead atoms. The Kier molecular flexibility index (Phi) is 4.73. The van der Waals surface area contributed by atoms with E-state index in [-0.39, 0.29) is 22.8 Å². The van der Waals surface area contributed by atoms with Gasteiger partial charge >= 0.3 is 0 Å². The molecule has 5 nitrogen and oxygen atoms in total. The molecular weight excluding hydrogens is 358 g/mol. The van der Waals surface area contributed by atoms with Gasteiger partial charge in [0, 0.05) is 13.1 Å². The molecule has 1 aliphatic rings. The van der Waals surface area contributed by atoms with Crippen LogP contribution < -0.4 is 5.56 Å². The van der Waals surface area contributed by atoms with Crippen LogP contribution >= 0.6 is 12.2 Å². The van der Waals surface area contributed by atoms with Crippen LogP contribution in [0.1, 0.15) is 12.0 Å². The van der Waals surface area contributed by atoms with Gasteiger partial charge in [0.25, 0.3) is 5.56 Å². The first kappa shape index (κ1) is 17.4. The van der Waals surface area contributed by atoms with Crippen molar-refractivity contribution in [3.05, 3.63) is 81.4 Å². The number of hydrogen-bond acceptors (Lipinski definition) is 3. The third-order valence-electron chi connectivity index (χ3n) is 4.89. The number of carbonyl (C=O) groups excluding carboxylic acids is 1. The summed E-state index contributed by atoms with van der Waals surface area (Å²) in [5.41, 5.74) is 2.89. The Morgan fingerprint density at radius 2 is 1.81 bits per heavy atom. The van der Waals surface area contributed by atoms with Crippen LogP contribution in [-0.2, 0) is 11.3 Å². The van der Waals surface area contributed by atoms with Crippen molar-refractivity contribution in [1.82, 2.24) is 14.5 Å². The number of rotatable bonds is 3. The van der Waals surface area contributed by atoms with Crippen molar-refractivity contribution in [1.29, 1.82) is 0 Å². The Balaban J connectivity index is 1.54. The van der Waals surface area contributed by atoms with E-state index in [0.29, 0.717) is 24.0 Å². The summed E-state index contributed by atoms with van der Waals surface area (Å²) < 4.78 is 1.61. The molecule has 6 heteroatoms. The standard InChI is InChI=1S/C21H19N3O2S/c25-19(23-12-10-16(11-13-23)15-6-2-1-3-7-15)14-24-20(26)17-8-4-5-9-18(17)22-21(24)27/h1-10H,11-14H2,(H,22,27). The zero-order valence-corrected chi connectivity index (χ0v) is 15.5. The molecule has 2 aromatic carbocycles. The normalized spacial score (nSPS) is 14.2. The van der Waals surface area contributed by atoms with Gasteiger partial charge in [-0.3, -0.25) is 14.2 Å². The molecule has 0 unspecified atom stereocenters. The van der Waals surface area contributed by atoms with E-state index in [9.17, 15) is 9.59 Å². The van der Waals surface area contributed by atoms with Crippen molar-refractivity contribution in [3.63, 3.8) is 0 Å². The predicted molar refractivity (Wildman–Crippen MR) is 109 cm³/mol. The first-order valence-corrected chi connectivity index (χ1v) is 9.28. The van der Waals surface area contributed by atoms with Gasteiger partial charge in [0.2, 0.25) is 5.91 Å². The van der Waals surface area contributed by atoms with Gasteiger partial charge in [0.1, 0.15) is 6.54 Å². The monoisotopic (exact) mass is 377 g/mol. The van der Waals surface area contributed by atoms with E-state index in [1.54, 1.807) is 23.1 Å². The number of nitrogens with one attached hydrogen (secondary N) is 1. The minimum absolute atomic E-state index is 0.0481. The Morgan fingerprint density at radius 1 is 1.07 bits per heavy atom. The lowest BCUT2D eigenvalue weighted by Crippen LogP contribution is -2.39. The van der Waals surface area contributed by atoms with Gasteiger partial charge < -0.3 is 9.88 Å². The average molecular weight is 377 g/mol. The lowest BCUT2D eigenvalue weighted by atomic mass is 9.99. The van der Waals surface area contributed by atoms with E-state index in [0.717, 1.165) is 6.42 Å². The molecule has 4 rings (SSSR count). The maximum atomic E-state index is 12.7. The van der Waals surface area contributed by atoms with E-state index in [2.05, 4.69) is 23.2 Å². The topological polar surface area (TPSA) is 58.1 Å². The first-order valence-electron chi connectivity index (χ1n) is 8.87. The second kappa shape index (κ2) is 7.32. The molecule has 0 atom stereocenters. The minimum Gasteiger partial charge on any atom is -0.337 e. The second-order valence-electron chi connectivity index (χ2n) is 6.55. The van der Waals surface area contributed by atoms with Crippen molar-refractivity contribution >= 4 is 34.6 Å². The number of aromatic nitrogens is 2. The van der Waals surface area contributed by atoms with E-state index in [1.807, 2.05) is 24.3 Å². The summed E-state index contributed by atoms with van der Waals surface area (Å²) in [5.74, 6) is -0.102. The molecule has 0 fully saturated rings. The molecule has 2 heterocycles. The highest BCUT2D eigenvalue weighted by atomic mass is 32.1. The summed E-state index contributed by atoms with van der Waals surface area (Å²) in [6.07, 6.45) is 2.88. The lowest BCUT2D eigenvalue weighted by molar-refractivity contribution is -0.131. The second-order valence-corrected chi connectivity index (χ2v) is 6.94. The number of nitrogens with zero attached hydrogens (tertiary/aromatic N) is 2. The fourth-order valence-corrected chi connectivity index (χ4v) is 3.65. The Bertz CT molecular complexity index is 1150. The Hall–Kier alpha value is -2.99. The average Bonchev–Trinajstić information content (AvgIpc) is 2.72. The lowest BCUT2D eigenvalue weighted by Gasteiger charge is -2.27. The van der Waals surface area contributed by atoms with Crippen LogP contribution in [0.2, 0.25) is 0 Å². The molecule has 0 saturated heterocycles. The Morgan fingerprint density at radius 3 is 2.56 bits per heavy atom. The summed E-state index contributed by atoms with van der Waals surface area (Å²) in [4.78, 5) is 30.2. The number of H-pyrrole nitrogens is 1. The van der Waals surface area contributed by atoms with Crippen molar-refractivity contribution in [2.45, 2.75) is 13.0 Å². The molecule has 0 spiro atoms. The van der Waals surface area contributed by atoms with Gasteiger partial charge in [-0.15, -0.1) is 0 Å². The number of para-hydroxylation sites is 1. The SMILES string of the molecule is O=C(Cn1c(=S)[nH]c2ccccc2c1=O)N1CC=C(c2ccccc2)CC1. The summed E-state index contributed by atoms with van der Waals surface area (Å²) >= 11 is 5.29. The zero-order valence-electron chi connectivity index (χ0n) is 14.7. The molecule has 136 valence electrons. The van der Waals surface area contributed by atoms with Gasteiger partial charge in [-0.05, 0) is 41.9 Å². The van der Waals surface area contributed by atoms with Crippen molar-refractivity contribution in [3.8, 4) is 0 Å². The van der Waals surface area contributed by atoms with Crippen molar-refractivity contribution in [2.24, 2.45) is 0 Å². The van der Waals surface area contributed by atoms with Gasteiger partial charge in [0.05, 0.1) is 10.9 Å². The predicted octanol–water partition coefficient (Wildman–Crippen LogP) is 3.37. The van der Waals surface area contributed by atoms with Crippen LogP contribution in [0, 0.1) is 4.77 Å². The van der Waals surface area contributed by atoms with E-state index in [4.69, 9.17) is 12.2 Å². The summed E-state index contributed by atoms with van der Waals surface area (Å²) in [6, 6.07) is 17.4. The number of aromatic amines is 1. The quantitative estimate of drug-likeness (QED) is 0.712. The molecule has 0 radical (unpaired) electrons. The van der Waals surface area contributed by atoms with Gasteiger partial charge in [0.15, 0.2) is 4.77 Å². The molecule has 3 aromatic rings. The van der Waals surface area contributed by atoms with E-state index in [1.165, 1.54) is 15.7 Å². The zero-order chi connectivity index (χ0) is 18.8. The van der Waals surface area contributed by atoms with E-state index < -0.39 is 0 Å². The van der Waals surface area contributed by atoms with Crippen molar-refractivity contribution < 1.29 is 4.79 Å². The van der Waals surface area contributed by atoms with Crippen LogP contribution in [0.15, 0.2) is 65.5 Å². The van der Waals surface area contributed by atoms with Gasteiger partial charge in [-0.2, -0.15) is 0 Å². The molecule has 1 N–H and O–H groups in total. The number of benzene rings is 2. The fourth-order valence-electron chi connectivity index (χ4n) is 3.39. The molecule has 27 heavy (non-hydrogen) atoms. The van der Waals surface area contributed by atoms with Crippen LogP contribution in [0.5, 0.6) is 0 Å². The minimum atomic E-state index is -0.236. The smallest absolute Gasteiger partial charge is 0.262 e. The number of carbonyl (C=O) groups is 1. The van der Waals surface area contributed by atoms with Crippen molar-refractivity contribution in [2.75, 3.05) is 13.1 Å². The highest BCUT2D eigenvalue weighted by Gasteiger charge is 2.19. The van der Waals surface area contributed by atoms with E-state index >= 15 is 0 Å². The van der Waals surface area contributed by atoms with Crippen LogP contribution in [0.4, 0.5) is 0 Å². The summed E-state index contributed by atoms with van der Waals surface area (Å²) in [5, 5.41) is 0.531. The molecule has 0 aliphatic carbocycles. The third kappa shape index (κ3) is 3.48. The largest absolute Gasteiger partial charge is 0.337 e. The highest BCUT2D eigenvalue weighted by molar-refractivity contribution is 7.71. The van der Waals surface area contributed by atoms with Gasteiger partial charge in [-0.25, -0.2) is 0 Å². The molecule has 1 amide bonds. The summed E-state index contributed by atoms with van der Waals surface area (Å²) in [6.45, 7) is 1.13. The number of amides is 1. The van der Waals surface area contributed by atoms with Crippen LogP contribution in [-0.4, -0.2) is 33.4 Å². The maximum Gasteiger partial charge on any atom is 0.262 e. The highest BCUT2D eigenvalue weighted by Crippen LogP contribution is 2.22. The molecule has 0 saturated carbocycles. The summed E-state index contributed by atoms with van der Waals surface area (Å²) in [7, 11) is 0. The third-order valence-corrected chi connectivity index (χ3v) is 5.21. The molecule has 1 aliphatic heterocycles. The fraction of sp³-hybridized carbons (Fsp3) is 0.190. The van der Waals surface area contributed by atoms with Crippen LogP contribution in [0.3, 0.4) is 0 Å².